The Bertz CT molecular complexity index is 586. The molecule has 114 valence electrons. The molecule has 1 saturated carbocycles. The minimum atomic E-state index is -0.259. The van der Waals surface area contributed by atoms with E-state index in [1.54, 1.807) is 0 Å². The minimum absolute atomic E-state index is 0.0551. The summed E-state index contributed by atoms with van der Waals surface area (Å²) >= 11 is 0. The van der Waals surface area contributed by atoms with E-state index < -0.39 is 0 Å². The first kappa shape index (κ1) is 14.2. The van der Waals surface area contributed by atoms with Gasteiger partial charge in [0.05, 0.1) is 25.4 Å². The number of ether oxygens (including phenoxy) is 2. The lowest BCUT2D eigenvalue weighted by Gasteiger charge is -2.39. The molecule has 1 saturated heterocycles. The van der Waals surface area contributed by atoms with Gasteiger partial charge in [-0.1, -0.05) is 0 Å². The van der Waals surface area contributed by atoms with Gasteiger partial charge in [0.2, 0.25) is 0 Å². The van der Waals surface area contributed by atoms with Crippen LogP contribution in [0.4, 0.5) is 0 Å². The van der Waals surface area contributed by atoms with E-state index in [1.807, 2.05) is 0 Å². The fourth-order valence-corrected chi connectivity index (χ4v) is 2.88. The molecular formula is C14H19N3O4. The highest BCUT2D eigenvalue weighted by atomic mass is 16.6. The first-order valence-corrected chi connectivity index (χ1v) is 7.22. The minimum Gasteiger partial charge on any atom is -0.373 e. The molecule has 2 aliphatic rings. The third kappa shape index (κ3) is 3.14. The number of carbonyl (C=O) groups is 1. The summed E-state index contributed by atoms with van der Waals surface area (Å²) in [5.41, 5.74) is 0.0137. The van der Waals surface area contributed by atoms with E-state index >= 15 is 0 Å². The molecule has 3 atom stereocenters. The Morgan fingerprint density at radius 1 is 1.29 bits per heavy atom. The molecular weight excluding hydrogens is 274 g/mol. The molecule has 0 aromatic carbocycles. The molecule has 7 heteroatoms. The molecule has 1 amide bonds. The zero-order valence-corrected chi connectivity index (χ0v) is 11.9. The highest BCUT2D eigenvalue weighted by molar-refractivity contribution is 5.92. The average molecular weight is 293 g/mol. The lowest BCUT2D eigenvalue weighted by molar-refractivity contribution is -0.157. The van der Waals surface area contributed by atoms with Gasteiger partial charge in [-0.15, -0.1) is 0 Å². The van der Waals surface area contributed by atoms with Crippen molar-refractivity contribution in [2.45, 2.75) is 37.5 Å². The summed E-state index contributed by atoms with van der Waals surface area (Å²) in [5.74, 6) is -0.259. The van der Waals surface area contributed by atoms with Crippen LogP contribution >= 0.6 is 0 Å². The summed E-state index contributed by atoms with van der Waals surface area (Å²) in [6.45, 7) is 1.27. The summed E-state index contributed by atoms with van der Waals surface area (Å²) in [6, 6.07) is 2.85. The zero-order valence-electron chi connectivity index (χ0n) is 11.9. The number of amides is 1. The molecule has 0 unspecified atom stereocenters. The molecule has 0 bridgehead atoms. The van der Waals surface area contributed by atoms with Gasteiger partial charge in [-0.05, 0) is 25.3 Å². The maximum atomic E-state index is 12.2. The number of nitrogens with zero attached hydrogens (tertiary/aromatic N) is 2. The number of carbonyl (C=O) groups excluding carboxylic acids is 1. The number of fused-ring (bicyclic) bond motifs is 1. The maximum absolute atomic E-state index is 12.2. The monoisotopic (exact) mass is 293 g/mol. The lowest BCUT2D eigenvalue weighted by Crippen LogP contribution is -2.49. The zero-order chi connectivity index (χ0) is 14.8. The van der Waals surface area contributed by atoms with Crippen molar-refractivity contribution >= 4 is 5.91 Å². The smallest absolute Gasteiger partial charge is 0.271 e. The predicted octanol–water partition coefficient (Wildman–Crippen LogP) is -0.153. The quantitative estimate of drug-likeness (QED) is 0.820. The van der Waals surface area contributed by atoms with Gasteiger partial charge in [-0.2, -0.15) is 5.10 Å². The van der Waals surface area contributed by atoms with Crippen LogP contribution in [0.2, 0.25) is 0 Å². The van der Waals surface area contributed by atoms with Gasteiger partial charge in [0, 0.05) is 19.2 Å². The molecule has 2 fully saturated rings. The summed E-state index contributed by atoms with van der Waals surface area (Å²) < 4.78 is 12.5. The lowest BCUT2D eigenvalue weighted by atomic mass is 9.89. The summed E-state index contributed by atoms with van der Waals surface area (Å²) in [5, 5.41) is 6.92. The summed E-state index contributed by atoms with van der Waals surface area (Å²) in [4.78, 5) is 23.5. The van der Waals surface area contributed by atoms with Crippen LogP contribution in [-0.2, 0) is 16.5 Å². The SMILES string of the molecule is Cn1nc(C(=O)N[C@@H]2CC[C@H]3OCCO[C@@H]3C2)ccc1=O. The first-order valence-electron chi connectivity index (χ1n) is 7.22. The number of hydrogen-bond donors (Lipinski definition) is 1. The van der Waals surface area contributed by atoms with Crippen molar-refractivity contribution in [3.8, 4) is 0 Å². The molecule has 2 heterocycles. The molecule has 3 rings (SSSR count). The van der Waals surface area contributed by atoms with E-state index in [0.29, 0.717) is 13.2 Å². The summed E-state index contributed by atoms with van der Waals surface area (Å²) in [7, 11) is 1.53. The Labute approximate surface area is 122 Å². The second-order valence-electron chi connectivity index (χ2n) is 5.48. The Hall–Kier alpha value is -1.73. The Morgan fingerprint density at radius 3 is 2.81 bits per heavy atom. The molecule has 0 spiro atoms. The van der Waals surface area contributed by atoms with Gasteiger partial charge in [0.1, 0.15) is 5.69 Å². The van der Waals surface area contributed by atoms with E-state index in [1.165, 1.54) is 19.2 Å². The van der Waals surface area contributed by atoms with Crippen LogP contribution in [0.15, 0.2) is 16.9 Å². The van der Waals surface area contributed by atoms with Crippen molar-refractivity contribution in [2.75, 3.05) is 13.2 Å². The normalized spacial score (nSPS) is 28.7. The second-order valence-corrected chi connectivity index (χ2v) is 5.48. The fraction of sp³-hybridized carbons (Fsp3) is 0.643. The number of aromatic nitrogens is 2. The van der Waals surface area contributed by atoms with Gasteiger partial charge >= 0.3 is 0 Å². The highest BCUT2D eigenvalue weighted by Crippen LogP contribution is 2.26. The van der Waals surface area contributed by atoms with Gasteiger partial charge in [-0.25, -0.2) is 4.68 Å². The Kier molecular flexibility index (Phi) is 4.03. The standard InChI is InChI=1S/C14H19N3O4/c1-17-13(18)5-3-10(16-17)14(19)15-9-2-4-11-12(8-9)21-7-6-20-11/h3,5,9,11-12H,2,4,6-8H2,1H3,(H,15,19)/t9-,11-,12-/m1/s1. The van der Waals surface area contributed by atoms with Crippen LogP contribution < -0.4 is 10.9 Å². The summed E-state index contributed by atoms with van der Waals surface area (Å²) in [6.07, 6.45) is 2.72. The van der Waals surface area contributed by atoms with Crippen molar-refractivity contribution in [3.63, 3.8) is 0 Å². The molecule has 1 aromatic rings. The van der Waals surface area contributed by atoms with Crippen LogP contribution in [0.3, 0.4) is 0 Å². The van der Waals surface area contributed by atoms with Crippen LogP contribution in [-0.4, -0.2) is 47.2 Å². The third-order valence-electron chi connectivity index (χ3n) is 4.01. The number of rotatable bonds is 2. The van der Waals surface area contributed by atoms with Crippen molar-refractivity contribution in [3.05, 3.63) is 28.2 Å². The first-order chi connectivity index (χ1) is 10.1. The van der Waals surface area contributed by atoms with Crippen molar-refractivity contribution in [2.24, 2.45) is 7.05 Å². The topological polar surface area (TPSA) is 82.5 Å². The highest BCUT2D eigenvalue weighted by Gasteiger charge is 2.34. The van der Waals surface area contributed by atoms with Crippen LogP contribution in [0.5, 0.6) is 0 Å². The van der Waals surface area contributed by atoms with Gasteiger partial charge in [-0.3, -0.25) is 9.59 Å². The van der Waals surface area contributed by atoms with Crippen molar-refractivity contribution < 1.29 is 14.3 Å². The van der Waals surface area contributed by atoms with Crippen molar-refractivity contribution in [1.82, 2.24) is 15.1 Å². The van der Waals surface area contributed by atoms with Gasteiger partial charge in [0.15, 0.2) is 0 Å². The Morgan fingerprint density at radius 2 is 2.05 bits per heavy atom. The predicted molar refractivity (Wildman–Crippen MR) is 74.1 cm³/mol. The van der Waals surface area contributed by atoms with E-state index in [0.717, 1.165) is 23.9 Å². The van der Waals surface area contributed by atoms with Gasteiger partial charge in [0.25, 0.3) is 11.5 Å². The molecule has 21 heavy (non-hydrogen) atoms. The second kappa shape index (κ2) is 5.95. The van der Waals surface area contributed by atoms with Crippen LogP contribution in [0.1, 0.15) is 29.8 Å². The van der Waals surface area contributed by atoms with Gasteiger partial charge < -0.3 is 14.8 Å². The molecule has 7 nitrogen and oxygen atoms in total. The number of nitrogens with one attached hydrogen (secondary N) is 1. The molecule has 1 aromatic heterocycles. The average Bonchev–Trinajstić information content (AvgIpc) is 2.50. The maximum Gasteiger partial charge on any atom is 0.271 e. The van der Waals surface area contributed by atoms with Crippen molar-refractivity contribution in [1.29, 1.82) is 0 Å². The largest absolute Gasteiger partial charge is 0.373 e. The fourth-order valence-electron chi connectivity index (χ4n) is 2.88. The third-order valence-corrected chi connectivity index (χ3v) is 4.01. The molecule has 1 aliphatic carbocycles. The number of aryl methyl sites for hydroxylation is 1. The van der Waals surface area contributed by atoms with E-state index in [4.69, 9.17) is 9.47 Å². The number of hydrogen-bond acceptors (Lipinski definition) is 5. The van der Waals surface area contributed by atoms with E-state index in [-0.39, 0.29) is 35.4 Å². The van der Waals surface area contributed by atoms with Crippen LogP contribution in [0.25, 0.3) is 0 Å². The Balaban J connectivity index is 1.62. The molecule has 1 aliphatic heterocycles. The van der Waals surface area contributed by atoms with Crippen LogP contribution in [0, 0.1) is 0 Å². The molecule has 1 N–H and O–H groups in total. The van der Waals surface area contributed by atoms with E-state index in [9.17, 15) is 9.59 Å². The molecule has 0 radical (unpaired) electrons. The van der Waals surface area contributed by atoms with E-state index in [2.05, 4.69) is 10.4 Å².